The van der Waals surface area contributed by atoms with Crippen LogP contribution in [0.2, 0.25) is 0 Å². The Morgan fingerprint density at radius 1 is 0.707 bits per heavy atom. The molecule has 7 rings (SSSR count). The van der Waals surface area contributed by atoms with Crippen LogP contribution in [0.4, 0.5) is 0 Å². The molecule has 1 fully saturated rings. The summed E-state index contributed by atoms with van der Waals surface area (Å²) in [6, 6.07) is 40.8. The summed E-state index contributed by atoms with van der Waals surface area (Å²) >= 11 is 0. The molecular formula is C38H33NO2. The van der Waals surface area contributed by atoms with Crippen LogP contribution in [0.1, 0.15) is 30.5 Å². The lowest BCUT2D eigenvalue weighted by molar-refractivity contribution is -0.144. The molecule has 1 saturated heterocycles. The molecule has 2 unspecified atom stereocenters. The van der Waals surface area contributed by atoms with Gasteiger partial charge >= 0.3 is 0 Å². The van der Waals surface area contributed by atoms with Crippen molar-refractivity contribution in [3.05, 3.63) is 132 Å². The van der Waals surface area contributed by atoms with Gasteiger partial charge in [0, 0.05) is 18.7 Å². The fraction of sp³-hybridized carbons (Fsp3) is 0.211. The summed E-state index contributed by atoms with van der Waals surface area (Å²) in [7, 11) is 0. The Bertz CT molecular complexity index is 1810. The standard InChI is InChI=1S/C38H33NO2/c1-38(2)40-26-35(41-38)34(39(24-27-10-5-3-6-11-27)25-28-12-7-4-8-13-28)23-21-29-16-17-32-19-18-30-14-9-15-31-20-22-33(29)37(32)36(30)31/h3-20,22,34-35H,24-26H2,1-2H3. The van der Waals surface area contributed by atoms with Crippen molar-refractivity contribution in [2.45, 2.75) is 44.9 Å². The van der Waals surface area contributed by atoms with E-state index in [4.69, 9.17) is 9.47 Å². The zero-order valence-corrected chi connectivity index (χ0v) is 23.5. The van der Waals surface area contributed by atoms with Gasteiger partial charge in [-0.25, -0.2) is 0 Å². The van der Waals surface area contributed by atoms with Crippen LogP contribution in [-0.4, -0.2) is 29.4 Å². The molecule has 0 radical (unpaired) electrons. The molecule has 1 aliphatic rings. The summed E-state index contributed by atoms with van der Waals surface area (Å²) in [6.07, 6.45) is -0.176. The Morgan fingerprint density at radius 3 is 1.90 bits per heavy atom. The molecule has 41 heavy (non-hydrogen) atoms. The van der Waals surface area contributed by atoms with Crippen LogP contribution in [-0.2, 0) is 22.6 Å². The second-order valence-corrected chi connectivity index (χ2v) is 11.4. The molecule has 2 atom stereocenters. The Morgan fingerprint density at radius 2 is 1.29 bits per heavy atom. The normalized spacial score (nSPS) is 17.3. The first-order valence-electron chi connectivity index (χ1n) is 14.4. The van der Waals surface area contributed by atoms with E-state index in [1.165, 1.54) is 43.4 Å². The van der Waals surface area contributed by atoms with Crippen LogP contribution >= 0.6 is 0 Å². The maximum atomic E-state index is 6.47. The van der Waals surface area contributed by atoms with E-state index in [9.17, 15) is 0 Å². The minimum atomic E-state index is -0.636. The maximum Gasteiger partial charge on any atom is 0.163 e. The van der Waals surface area contributed by atoms with Crippen LogP contribution in [0.25, 0.3) is 32.3 Å². The Labute approximate surface area is 241 Å². The zero-order valence-electron chi connectivity index (χ0n) is 23.5. The van der Waals surface area contributed by atoms with Gasteiger partial charge in [0.05, 0.1) is 6.61 Å². The van der Waals surface area contributed by atoms with Crippen molar-refractivity contribution in [1.82, 2.24) is 4.90 Å². The third kappa shape index (κ3) is 5.19. The van der Waals surface area contributed by atoms with Gasteiger partial charge in [0.1, 0.15) is 12.1 Å². The topological polar surface area (TPSA) is 21.7 Å². The molecule has 202 valence electrons. The van der Waals surface area contributed by atoms with Crippen molar-refractivity contribution in [2.75, 3.05) is 6.61 Å². The van der Waals surface area contributed by atoms with E-state index >= 15 is 0 Å². The quantitative estimate of drug-likeness (QED) is 0.159. The van der Waals surface area contributed by atoms with Crippen molar-refractivity contribution in [1.29, 1.82) is 0 Å². The Kier molecular flexibility index (Phi) is 6.69. The van der Waals surface area contributed by atoms with Crippen LogP contribution in [0.5, 0.6) is 0 Å². The highest BCUT2D eigenvalue weighted by molar-refractivity contribution is 6.23. The Hall–Kier alpha value is -4.20. The van der Waals surface area contributed by atoms with Gasteiger partial charge in [0.15, 0.2) is 5.79 Å². The lowest BCUT2D eigenvalue weighted by Crippen LogP contribution is -2.44. The van der Waals surface area contributed by atoms with E-state index in [0.29, 0.717) is 6.61 Å². The van der Waals surface area contributed by atoms with Crippen LogP contribution in [0, 0.1) is 11.8 Å². The summed E-state index contributed by atoms with van der Waals surface area (Å²) < 4.78 is 12.5. The molecule has 0 aliphatic carbocycles. The molecule has 0 bridgehead atoms. The first kappa shape index (κ1) is 25.7. The molecule has 0 amide bonds. The first-order chi connectivity index (χ1) is 20.0. The highest BCUT2D eigenvalue weighted by Gasteiger charge is 2.39. The van der Waals surface area contributed by atoms with Crippen molar-refractivity contribution < 1.29 is 9.47 Å². The molecule has 6 aromatic rings. The number of hydrogen-bond donors (Lipinski definition) is 0. The zero-order chi connectivity index (χ0) is 27.8. The second kappa shape index (κ2) is 10.7. The predicted molar refractivity (Wildman–Crippen MR) is 168 cm³/mol. The smallest absolute Gasteiger partial charge is 0.163 e. The lowest BCUT2D eigenvalue weighted by atomic mass is 9.92. The van der Waals surface area contributed by atoms with E-state index in [1.54, 1.807) is 0 Å². The largest absolute Gasteiger partial charge is 0.348 e. The molecule has 0 saturated carbocycles. The van der Waals surface area contributed by atoms with Crippen LogP contribution in [0.15, 0.2) is 115 Å². The van der Waals surface area contributed by atoms with E-state index in [1.807, 2.05) is 13.8 Å². The van der Waals surface area contributed by atoms with Crippen molar-refractivity contribution in [3.8, 4) is 11.8 Å². The average Bonchev–Trinajstić information content (AvgIpc) is 3.36. The van der Waals surface area contributed by atoms with E-state index in [-0.39, 0.29) is 12.1 Å². The van der Waals surface area contributed by atoms with Gasteiger partial charge in [-0.15, -0.1) is 0 Å². The second-order valence-electron chi connectivity index (χ2n) is 11.4. The molecule has 3 nitrogen and oxygen atoms in total. The van der Waals surface area contributed by atoms with Gasteiger partial charge in [0.25, 0.3) is 0 Å². The summed E-state index contributed by atoms with van der Waals surface area (Å²) in [5.41, 5.74) is 3.53. The SMILES string of the molecule is CC1(C)OCC(C(C#Cc2ccc3ccc4cccc5ccc2c3c45)N(Cc2ccccc2)Cc2ccccc2)O1. The third-order valence-corrected chi connectivity index (χ3v) is 8.12. The molecule has 1 heterocycles. The number of nitrogens with zero attached hydrogens (tertiary/aromatic N) is 1. The summed E-state index contributed by atoms with van der Waals surface area (Å²) in [5.74, 6) is 6.69. The minimum Gasteiger partial charge on any atom is -0.348 e. The number of rotatable bonds is 6. The van der Waals surface area contributed by atoms with Crippen molar-refractivity contribution >= 4 is 32.3 Å². The first-order valence-corrected chi connectivity index (χ1v) is 14.4. The fourth-order valence-electron chi connectivity index (χ4n) is 6.17. The molecular weight excluding hydrogens is 502 g/mol. The van der Waals surface area contributed by atoms with Gasteiger partial charge in [-0.3, -0.25) is 4.90 Å². The lowest BCUT2D eigenvalue weighted by Gasteiger charge is -2.32. The highest BCUT2D eigenvalue weighted by atomic mass is 16.7. The predicted octanol–water partition coefficient (Wildman–Crippen LogP) is 8.16. The number of ether oxygens (including phenoxy) is 2. The number of benzene rings is 6. The molecule has 6 aromatic carbocycles. The van der Waals surface area contributed by atoms with E-state index < -0.39 is 5.79 Å². The minimum absolute atomic E-state index is 0.171. The van der Waals surface area contributed by atoms with E-state index in [2.05, 4.69) is 132 Å². The molecule has 0 spiro atoms. The van der Waals surface area contributed by atoms with Crippen molar-refractivity contribution in [3.63, 3.8) is 0 Å². The number of hydrogen-bond acceptors (Lipinski definition) is 3. The average molecular weight is 536 g/mol. The van der Waals surface area contributed by atoms with Gasteiger partial charge in [0.2, 0.25) is 0 Å². The maximum absolute atomic E-state index is 6.47. The van der Waals surface area contributed by atoms with Gasteiger partial charge in [-0.1, -0.05) is 121 Å². The fourth-order valence-corrected chi connectivity index (χ4v) is 6.17. The van der Waals surface area contributed by atoms with Crippen LogP contribution in [0.3, 0.4) is 0 Å². The van der Waals surface area contributed by atoms with Gasteiger partial charge in [-0.05, 0) is 63.4 Å². The van der Waals surface area contributed by atoms with Gasteiger partial charge < -0.3 is 9.47 Å². The monoisotopic (exact) mass is 535 g/mol. The molecule has 3 heteroatoms. The summed E-state index contributed by atoms with van der Waals surface area (Å²) in [6.45, 7) is 5.99. The summed E-state index contributed by atoms with van der Waals surface area (Å²) in [5, 5.41) is 7.57. The van der Waals surface area contributed by atoms with Crippen LogP contribution < -0.4 is 0 Å². The van der Waals surface area contributed by atoms with Gasteiger partial charge in [-0.2, -0.15) is 0 Å². The highest BCUT2D eigenvalue weighted by Crippen LogP contribution is 2.36. The van der Waals surface area contributed by atoms with E-state index in [0.717, 1.165) is 18.7 Å². The molecule has 1 aliphatic heterocycles. The molecule has 0 aromatic heterocycles. The molecule has 0 N–H and O–H groups in total. The third-order valence-electron chi connectivity index (χ3n) is 8.12. The van der Waals surface area contributed by atoms with Crippen molar-refractivity contribution in [2.24, 2.45) is 0 Å². The summed E-state index contributed by atoms with van der Waals surface area (Å²) in [4.78, 5) is 2.43. The Balaban J connectivity index is 1.34.